The Morgan fingerprint density at radius 1 is 0.316 bits per heavy atom. The Balaban J connectivity index is 1.34. The van der Waals surface area contributed by atoms with Crippen molar-refractivity contribution in [2.45, 2.75) is 0 Å². The summed E-state index contributed by atoms with van der Waals surface area (Å²) in [5.74, 6) is 0. The molecular formula is C54H37NSSi. The van der Waals surface area contributed by atoms with E-state index in [1.165, 1.54) is 90.7 Å². The molecule has 0 aliphatic carbocycles. The molecule has 0 fully saturated rings. The maximum Gasteiger partial charge on any atom is 0.179 e. The second kappa shape index (κ2) is 13.8. The molecule has 2 aromatic heterocycles. The van der Waals surface area contributed by atoms with E-state index in [1.54, 1.807) is 0 Å². The third-order valence-electron chi connectivity index (χ3n) is 11.7. The van der Waals surface area contributed by atoms with Crippen LogP contribution in [0.2, 0.25) is 0 Å². The number of aromatic nitrogens is 1. The highest BCUT2D eigenvalue weighted by atomic mass is 32.1. The third kappa shape index (κ3) is 5.35. The SMILES string of the molecule is c1ccc(-c2cc([Si](c3ccccc3)(c3ccccc3)c3ccccc3)cc(-c3ccccc3)c2-n2c3ccccc3c3cc4c(cc32)sc2ccccc24)cc1. The van der Waals surface area contributed by atoms with Gasteiger partial charge in [0.1, 0.15) is 0 Å². The normalized spacial score (nSPS) is 11.9. The van der Waals surface area contributed by atoms with Gasteiger partial charge in [-0.3, -0.25) is 0 Å². The molecular weight excluding hydrogens is 723 g/mol. The molecule has 0 unspecified atom stereocenters. The van der Waals surface area contributed by atoms with Crippen LogP contribution in [0.4, 0.5) is 0 Å². The van der Waals surface area contributed by atoms with Crippen LogP contribution in [0, 0.1) is 0 Å². The summed E-state index contributed by atoms with van der Waals surface area (Å²) in [5.41, 5.74) is 8.43. The van der Waals surface area contributed by atoms with Gasteiger partial charge in [0.15, 0.2) is 8.07 Å². The van der Waals surface area contributed by atoms with E-state index in [0.29, 0.717) is 0 Å². The van der Waals surface area contributed by atoms with Crippen LogP contribution in [-0.2, 0) is 0 Å². The molecule has 0 bridgehead atoms. The predicted octanol–water partition coefficient (Wildman–Crippen LogP) is 11.9. The van der Waals surface area contributed by atoms with E-state index in [-0.39, 0.29) is 0 Å². The van der Waals surface area contributed by atoms with Crippen LogP contribution in [0.3, 0.4) is 0 Å². The largest absolute Gasteiger partial charge is 0.308 e. The molecule has 11 rings (SSSR count). The molecule has 0 N–H and O–H groups in total. The minimum Gasteiger partial charge on any atom is -0.308 e. The highest BCUT2D eigenvalue weighted by Crippen LogP contribution is 2.44. The first-order valence-corrected chi connectivity index (χ1v) is 22.4. The van der Waals surface area contributed by atoms with Crippen LogP contribution in [0.1, 0.15) is 0 Å². The smallest absolute Gasteiger partial charge is 0.179 e. The van der Waals surface area contributed by atoms with Crippen molar-refractivity contribution in [1.29, 1.82) is 0 Å². The van der Waals surface area contributed by atoms with Crippen molar-refractivity contribution in [3.8, 4) is 27.9 Å². The molecule has 0 radical (unpaired) electrons. The Bertz CT molecular complexity index is 3050. The van der Waals surface area contributed by atoms with Crippen LogP contribution in [-0.4, -0.2) is 12.6 Å². The maximum absolute atomic E-state index is 2.91. The molecule has 1 nitrogen and oxygen atoms in total. The molecule has 57 heavy (non-hydrogen) atoms. The molecule has 268 valence electrons. The van der Waals surface area contributed by atoms with E-state index < -0.39 is 8.07 Å². The van der Waals surface area contributed by atoms with Crippen LogP contribution in [0.5, 0.6) is 0 Å². The van der Waals surface area contributed by atoms with Gasteiger partial charge in [0, 0.05) is 42.1 Å². The Morgan fingerprint density at radius 3 is 1.32 bits per heavy atom. The molecule has 0 saturated carbocycles. The highest BCUT2D eigenvalue weighted by Gasteiger charge is 2.42. The van der Waals surface area contributed by atoms with E-state index in [2.05, 4.69) is 229 Å². The number of thiophene rings is 1. The van der Waals surface area contributed by atoms with Crippen molar-refractivity contribution in [2.24, 2.45) is 0 Å². The number of hydrogen-bond acceptors (Lipinski definition) is 1. The lowest BCUT2D eigenvalue weighted by atomic mass is 9.95. The van der Waals surface area contributed by atoms with Crippen molar-refractivity contribution in [3.63, 3.8) is 0 Å². The van der Waals surface area contributed by atoms with Gasteiger partial charge in [-0.05, 0) is 56.1 Å². The number of nitrogens with zero attached hydrogens (tertiary/aromatic N) is 1. The van der Waals surface area contributed by atoms with Gasteiger partial charge in [-0.15, -0.1) is 11.3 Å². The Hall–Kier alpha value is -6.78. The zero-order valence-electron chi connectivity index (χ0n) is 31.2. The first-order chi connectivity index (χ1) is 28.3. The van der Waals surface area contributed by atoms with Gasteiger partial charge < -0.3 is 4.57 Å². The average molecular weight is 760 g/mol. The first-order valence-electron chi connectivity index (χ1n) is 19.6. The van der Waals surface area contributed by atoms with Crippen LogP contribution in [0.25, 0.3) is 69.9 Å². The molecule has 0 amide bonds. The van der Waals surface area contributed by atoms with Gasteiger partial charge in [-0.25, -0.2) is 0 Å². The topological polar surface area (TPSA) is 4.93 Å². The lowest BCUT2D eigenvalue weighted by molar-refractivity contribution is 1.19. The summed E-state index contributed by atoms with van der Waals surface area (Å²) in [4.78, 5) is 0. The number of fused-ring (bicyclic) bond motifs is 6. The average Bonchev–Trinajstić information content (AvgIpc) is 3.82. The predicted molar refractivity (Wildman–Crippen MR) is 248 cm³/mol. The molecule has 0 spiro atoms. The van der Waals surface area contributed by atoms with Gasteiger partial charge in [-0.2, -0.15) is 0 Å². The summed E-state index contributed by atoms with van der Waals surface area (Å²) in [6, 6.07) is 83.7. The monoisotopic (exact) mass is 759 g/mol. The van der Waals surface area contributed by atoms with E-state index in [1.807, 2.05) is 11.3 Å². The molecule has 3 heteroatoms. The second-order valence-electron chi connectivity index (χ2n) is 14.8. The highest BCUT2D eigenvalue weighted by molar-refractivity contribution is 7.26. The van der Waals surface area contributed by atoms with E-state index in [4.69, 9.17) is 0 Å². The first kappa shape index (κ1) is 33.5. The summed E-state index contributed by atoms with van der Waals surface area (Å²) in [6.07, 6.45) is 0. The second-order valence-corrected chi connectivity index (χ2v) is 19.7. The quantitative estimate of drug-likeness (QED) is 0.113. The van der Waals surface area contributed by atoms with Crippen molar-refractivity contribution < 1.29 is 0 Å². The summed E-state index contributed by atoms with van der Waals surface area (Å²) in [6.45, 7) is 0. The van der Waals surface area contributed by atoms with E-state index in [9.17, 15) is 0 Å². The summed E-state index contributed by atoms with van der Waals surface area (Å²) < 4.78 is 5.19. The fourth-order valence-electron chi connectivity index (χ4n) is 9.26. The Labute approximate surface area is 337 Å². The number of para-hydroxylation sites is 1. The van der Waals surface area contributed by atoms with Crippen LogP contribution >= 0.6 is 11.3 Å². The Morgan fingerprint density at radius 2 is 0.772 bits per heavy atom. The Kier molecular flexibility index (Phi) is 8.09. The maximum atomic E-state index is 2.57. The van der Waals surface area contributed by atoms with Crippen molar-refractivity contribution in [3.05, 3.63) is 224 Å². The number of hydrogen-bond donors (Lipinski definition) is 0. The van der Waals surface area contributed by atoms with Gasteiger partial charge >= 0.3 is 0 Å². The van der Waals surface area contributed by atoms with Crippen molar-refractivity contribution in [2.75, 3.05) is 0 Å². The number of benzene rings is 9. The summed E-state index contributed by atoms with van der Waals surface area (Å²) >= 11 is 1.88. The number of rotatable bonds is 7. The lowest BCUT2D eigenvalue weighted by Crippen LogP contribution is -2.74. The standard InChI is InChI=1S/C54H37NSSi/c1-6-20-38(21-7-1)46-34-43(57(40-24-10-3-11-25-40,41-26-12-4-13-27-41)42-28-14-5-15-29-42)35-47(39-22-8-2-9-23-39)54(46)55-50-32-18-16-30-44(50)48-36-49-45-31-17-19-33-52(45)56-53(49)37-51(48)55/h1-37H. The van der Waals surface area contributed by atoms with Gasteiger partial charge in [0.2, 0.25) is 0 Å². The minimum atomic E-state index is -2.91. The van der Waals surface area contributed by atoms with Gasteiger partial charge in [0.25, 0.3) is 0 Å². The minimum absolute atomic E-state index is 1.19. The van der Waals surface area contributed by atoms with Crippen molar-refractivity contribution in [1.82, 2.24) is 4.57 Å². The van der Waals surface area contributed by atoms with Crippen molar-refractivity contribution >= 4 is 82.1 Å². The summed E-state index contributed by atoms with van der Waals surface area (Å²) in [5, 5.41) is 10.6. The van der Waals surface area contributed by atoms with Gasteiger partial charge in [0.05, 0.1) is 16.7 Å². The third-order valence-corrected chi connectivity index (χ3v) is 17.6. The fourth-order valence-corrected chi connectivity index (χ4v) is 15.2. The van der Waals surface area contributed by atoms with E-state index >= 15 is 0 Å². The molecule has 2 heterocycles. The zero-order valence-corrected chi connectivity index (χ0v) is 33.0. The molecule has 11 aromatic rings. The molecule has 0 aliphatic heterocycles. The van der Waals surface area contributed by atoms with E-state index in [0.717, 1.165) is 0 Å². The zero-order chi connectivity index (χ0) is 37.8. The van der Waals surface area contributed by atoms with Crippen LogP contribution < -0.4 is 20.7 Å². The summed E-state index contributed by atoms with van der Waals surface area (Å²) in [7, 11) is -2.91. The molecule has 0 saturated heterocycles. The lowest BCUT2D eigenvalue weighted by Gasteiger charge is -2.36. The fraction of sp³-hybridized carbons (Fsp3) is 0. The molecule has 0 aliphatic rings. The van der Waals surface area contributed by atoms with Crippen LogP contribution in [0.15, 0.2) is 224 Å². The molecule has 0 atom stereocenters. The molecule has 9 aromatic carbocycles. The van der Waals surface area contributed by atoms with Gasteiger partial charge in [-0.1, -0.05) is 200 Å².